The molecule has 0 bridgehead atoms. The number of rotatable bonds is 5. The Hall–Kier alpha value is -2.38. The Kier molecular flexibility index (Phi) is 6.59. The molecule has 8 heteroatoms. The van der Waals surface area contributed by atoms with E-state index in [0.717, 1.165) is 15.7 Å². The van der Waals surface area contributed by atoms with Crippen LogP contribution >= 0.6 is 27.5 Å². The molecule has 152 valence electrons. The summed E-state index contributed by atoms with van der Waals surface area (Å²) < 4.78 is 5.87. The lowest BCUT2D eigenvalue weighted by molar-refractivity contribution is -0.151. The fourth-order valence-corrected chi connectivity index (χ4v) is 3.79. The van der Waals surface area contributed by atoms with Crippen molar-refractivity contribution in [2.75, 3.05) is 23.4 Å². The maximum Gasteiger partial charge on any atom is 0.311 e. The summed E-state index contributed by atoms with van der Waals surface area (Å²) >= 11 is 9.47. The molecule has 1 heterocycles. The van der Waals surface area contributed by atoms with E-state index in [-0.39, 0.29) is 18.9 Å². The van der Waals surface area contributed by atoms with Gasteiger partial charge in [0.05, 0.1) is 10.9 Å². The molecule has 0 unspecified atom stereocenters. The molecule has 1 saturated heterocycles. The molecule has 1 aliphatic rings. The first-order valence-corrected chi connectivity index (χ1v) is 10.2. The van der Waals surface area contributed by atoms with E-state index in [9.17, 15) is 14.4 Å². The van der Waals surface area contributed by atoms with Crippen LogP contribution in [-0.4, -0.2) is 30.9 Å². The fourth-order valence-electron chi connectivity index (χ4n) is 3.19. The van der Waals surface area contributed by atoms with Crippen molar-refractivity contribution in [2.24, 2.45) is 5.92 Å². The van der Waals surface area contributed by atoms with Crippen LogP contribution in [0.4, 0.5) is 11.4 Å². The molecule has 0 spiro atoms. The molecular formula is C21H20BrClN2O4. The van der Waals surface area contributed by atoms with Crippen molar-refractivity contribution in [1.29, 1.82) is 0 Å². The van der Waals surface area contributed by atoms with Crippen LogP contribution in [0, 0.1) is 19.8 Å². The zero-order chi connectivity index (χ0) is 21.1. The average molecular weight is 480 g/mol. The number of benzene rings is 2. The third kappa shape index (κ3) is 4.79. The number of esters is 1. The zero-order valence-electron chi connectivity index (χ0n) is 16.0. The largest absolute Gasteiger partial charge is 0.455 e. The maximum atomic E-state index is 12.4. The predicted octanol–water partition coefficient (Wildman–Crippen LogP) is 4.25. The van der Waals surface area contributed by atoms with E-state index in [1.165, 1.54) is 0 Å². The number of aryl methyl sites for hydroxylation is 1. The van der Waals surface area contributed by atoms with Crippen molar-refractivity contribution in [3.63, 3.8) is 0 Å². The molecule has 3 rings (SSSR count). The summed E-state index contributed by atoms with van der Waals surface area (Å²) in [6.07, 6.45) is 0.0657. The number of nitrogens with zero attached hydrogens (tertiary/aromatic N) is 1. The van der Waals surface area contributed by atoms with Gasteiger partial charge in [0.25, 0.3) is 5.91 Å². The van der Waals surface area contributed by atoms with Crippen molar-refractivity contribution in [2.45, 2.75) is 20.3 Å². The molecule has 0 radical (unpaired) electrons. The number of carbonyl (C=O) groups excluding carboxylic acids is 3. The van der Waals surface area contributed by atoms with E-state index in [2.05, 4.69) is 21.2 Å². The van der Waals surface area contributed by atoms with Gasteiger partial charge in [0.2, 0.25) is 5.91 Å². The molecule has 1 fully saturated rings. The van der Waals surface area contributed by atoms with Gasteiger partial charge in [-0.2, -0.15) is 0 Å². The number of ether oxygens (including phenoxy) is 1. The molecule has 6 nitrogen and oxygen atoms in total. The second-order valence-corrected chi connectivity index (χ2v) is 8.11. The lowest BCUT2D eigenvalue weighted by atomic mass is 10.1. The van der Waals surface area contributed by atoms with Crippen molar-refractivity contribution in [1.82, 2.24) is 0 Å². The molecule has 29 heavy (non-hydrogen) atoms. The maximum absolute atomic E-state index is 12.4. The van der Waals surface area contributed by atoms with Gasteiger partial charge in [0, 0.05) is 28.8 Å². The highest BCUT2D eigenvalue weighted by Gasteiger charge is 2.36. The second kappa shape index (κ2) is 8.97. The van der Waals surface area contributed by atoms with Gasteiger partial charge in [0.15, 0.2) is 6.61 Å². The quantitative estimate of drug-likeness (QED) is 0.651. The minimum atomic E-state index is -0.598. The highest BCUT2D eigenvalue weighted by atomic mass is 79.9. The number of anilines is 2. The first-order valence-electron chi connectivity index (χ1n) is 9.05. The third-order valence-corrected chi connectivity index (χ3v) is 6.20. The molecule has 0 aromatic heterocycles. The van der Waals surface area contributed by atoms with Crippen LogP contribution in [-0.2, 0) is 19.1 Å². The summed E-state index contributed by atoms with van der Waals surface area (Å²) in [5.74, 6) is -1.76. The zero-order valence-corrected chi connectivity index (χ0v) is 18.3. The van der Waals surface area contributed by atoms with E-state index in [4.69, 9.17) is 16.3 Å². The van der Waals surface area contributed by atoms with Crippen molar-refractivity contribution < 1.29 is 19.1 Å². The molecule has 0 aliphatic carbocycles. The summed E-state index contributed by atoms with van der Waals surface area (Å²) in [7, 11) is 0. The van der Waals surface area contributed by atoms with Crippen molar-refractivity contribution in [3.05, 3.63) is 57.0 Å². The Labute approximate surface area is 182 Å². The summed E-state index contributed by atoms with van der Waals surface area (Å²) in [6.45, 7) is 3.50. The Morgan fingerprint density at radius 2 is 1.97 bits per heavy atom. The Balaban J connectivity index is 1.56. The first kappa shape index (κ1) is 21.3. The minimum absolute atomic E-state index is 0.0657. The van der Waals surface area contributed by atoms with Crippen molar-refractivity contribution >= 4 is 56.7 Å². The molecule has 2 aromatic rings. The smallest absolute Gasteiger partial charge is 0.311 e. The van der Waals surface area contributed by atoms with E-state index in [0.29, 0.717) is 16.3 Å². The monoisotopic (exact) mass is 478 g/mol. The minimum Gasteiger partial charge on any atom is -0.455 e. The molecule has 0 saturated carbocycles. The number of nitrogens with one attached hydrogen (secondary N) is 1. The molecule has 2 aromatic carbocycles. The predicted molar refractivity (Wildman–Crippen MR) is 115 cm³/mol. The molecule has 1 aliphatic heterocycles. The van der Waals surface area contributed by atoms with Gasteiger partial charge in [-0.05, 0) is 59.1 Å². The number of hydrogen-bond donors (Lipinski definition) is 1. The van der Waals surface area contributed by atoms with Crippen LogP contribution in [0.15, 0.2) is 40.9 Å². The molecule has 1 atom stereocenters. The summed E-state index contributed by atoms with van der Waals surface area (Å²) in [5, 5.41) is 3.18. The number of carbonyl (C=O) groups is 3. The van der Waals surface area contributed by atoms with Crippen LogP contribution in [0.3, 0.4) is 0 Å². The van der Waals surface area contributed by atoms with Gasteiger partial charge in [-0.3, -0.25) is 14.4 Å². The fraction of sp³-hybridized carbons (Fsp3) is 0.286. The average Bonchev–Trinajstić information content (AvgIpc) is 3.08. The highest BCUT2D eigenvalue weighted by Crippen LogP contribution is 2.31. The third-order valence-electron chi connectivity index (χ3n) is 4.82. The lowest BCUT2D eigenvalue weighted by Crippen LogP contribution is -2.28. The normalized spacial score (nSPS) is 16.1. The Morgan fingerprint density at radius 3 is 2.69 bits per heavy atom. The number of hydrogen-bond acceptors (Lipinski definition) is 4. The van der Waals surface area contributed by atoms with Gasteiger partial charge < -0.3 is 15.0 Å². The lowest BCUT2D eigenvalue weighted by Gasteiger charge is -2.18. The van der Waals surface area contributed by atoms with Crippen LogP contribution in [0.25, 0.3) is 0 Å². The standard InChI is InChI=1S/C21H20BrClN2O4/c1-12-5-3-4-6-17(12)25-10-14(9-19(25)27)21(28)29-11-18(26)24-16-8-7-15(22)20(23)13(16)2/h3-8,14H,9-11H2,1-2H3,(H,24,26)/t14-/m1/s1. The van der Waals surface area contributed by atoms with E-state index in [1.807, 2.05) is 31.2 Å². The summed E-state index contributed by atoms with van der Waals surface area (Å²) in [6, 6.07) is 10.9. The number of halogens is 2. The van der Waals surface area contributed by atoms with Gasteiger partial charge in [-0.25, -0.2) is 0 Å². The van der Waals surface area contributed by atoms with Crippen molar-refractivity contribution in [3.8, 4) is 0 Å². The Bertz CT molecular complexity index is 979. The van der Waals surface area contributed by atoms with Gasteiger partial charge >= 0.3 is 5.97 Å². The van der Waals surface area contributed by atoms with Gasteiger partial charge in [-0.1, -0.05) is 29.8 Å². The topological polar surface area (TPSA) is 75.7 Å². The van der Waals surface area contributed by atoms with Crippen LogP contribution in [0.2, 0.25) is 5.02 Å². The number of para-hydroxylation sites is 1. The molecular weight excluding hydrogens is 460 g/mol. The SMILES string of the molecule is Cc1ccccc1N1C[C@H](C(=O)OCC(=O)Nc2ccc(Br)c(Cl)c2C)CC1=O. The van der Waals surface area contributed by atoms with Crippen LogP contribution in [0.1, 0.15) is 17.5 Å². The van der Waals surface area contributed by atoms with E-state index in [1.54, 1.807) is 24.0 Å². The highest BCUT2D eigenvalue weighted by molar-refractivity contribution is 9.10. The van der Waals surface area contributed by atoms with Gasteiger partial charge in [0.1, 0.15) is 0 Å². The van der Waals surface area contributed by atoms with E-state index < -0.39 is 24.4 Å². The second-order valence-electron chi connectivity index (χ2n) is 6.88. The number of amides is 2. The summed E-state index contributed by atoms with van der Waals surface area (Å²) in [4.78, 5) is 38.5. The first-order chi connectivity index (χ1) is 13.8. The van der Waals surface area contributed by atoms with E-state index >= 15 is 0 Å². The Morgan fingerprint density at radius 1 is 1.24 bits per heavy atom. The van der Waals surface area contributed by atoms with Crippen LogP contribution in [0.5, 0.6) is 0 Å². The molecule has 1 N–H and O–H groups in total. The van der Waals surface area contributed by atoms with Gasteiger partial charge in [-0.15, -0.1) is 0 Å². The summed E-state index contributed by atoms with van der Waals surface area (Å²) in [5.41, 5.74) is 2.99. The molecule has 2 amide bonds. The van der Waals surface area contributed by atoms with Crippen LogP contribution < -0.4 is 10.2 Å².